The highest BCUT2D eigenvalue weighted by Crippen LogP contribution is 2.50. The fourth-order valence-corrected chi connectivity index (χ4v) is 2.05. The Labute approximate surface area is 50.0 Å². The molecule has 1 saturated carbocycles. The monoisotopic (exact) mass is 112 g/mol. The molecule has 0 N–H and O–H groups in total. The molecule has 46 valence electrons. The van der Waals surface area contributed by atoms with Gasteiger partial charge in [0.15, 0.2) is 0 Å². The Hall–Kier alpha value is -0.0400. The maximum Gasteiger partial charge on any atom is 0.0545 e. The van der Waals surface area contributed by atoms with Gasteiger partial charge in [-0.25, -0.2) is 0 Å². The molecule has 2 aliphatic rings. The van der Waals surface area contributed by atoms with Gasteiger partial charge in [0.1, 0.15) is 0 Å². The van der Waals surface area contributed by atoms with E-state index in [1.165, 1.54) is 12.8 Å². The smallest absolute Gasteiger partial charge is 0.0545 e. The molecule has 0 aromatic carbocycles. The Morgan fingerprint density at radius 1 is 1.38 bits per heavy atom. The van der Waals surface area contributed by atoms with Crippen LogP contribution in [0.5, 0.6) is 0 Å². The Balaban J connectivity index is 1.92. The average Bonchev–Trinajstić information content (AvgIpc) is 1.51. The molecule has 1 saturated heterocycles. The van der Waals surface area contributed by atoms with Crippen molar-refractivity contribution in [2.75, 3.05) is 13.2 Å². The Kier molecular flexibility index (Phi) is 0.762. The van der Waals surface area contributed by atoms with Crippen molar-refractivity contribution < 1.29 is 4.74 Å². The van der Waals surface area contributed by atoms with E-state index in [1.807, 2.05) is 0 Å². The predicted octanol–water partition coefficient (Wildman–Crippen LogP) is 1.43. The van der Waals surface area contributed by atoms with Crippen molar-refractivity contribution in [3.8, 4) is 0 Å². The number of rotatable bonds is 0. The summed E-state index contributed by atoms with van der Waals surface area (Å²) in [4.78, 5) is 0. The third-order valence-corrected chi connectivity index (χ3v) is 2.38. The van der Waals surface area contributed by atoms with Crippen molar-refractivity contribution >= 4 is 0 Å². The van der Waals surface area contributed by atoms with Crippen LogP contribution in [0.25, 0.3) is 0 Å². The van der Waals surface area contributed by atoms with Gasteiger partial charge in [0.05, 0.1) is 13.2 Å². The molecule has 0 aromatic rings. The van der Waals surface area contributed by atoms with Gasteiger partial charge in [0.2, 0.25) is 0 Å². The number of ether oxygens (including phenoxy) is 1. The zero-order valence-electron chi connectivity index (χ0n) is 5.31. The van der Waals surface area contributed by atoms with Crippen LogP contribution in [0.2, 0.25) is 0 Å². The zero-order chi connectivity index (χ0) is 5.61. The summed E-state index contributed by atoms with van der Waals surface area (Å²) < 4.78 is 5.13. The van der Waals surface area contributed by atoms with E-state index < -0.39 is 0 Å². The minimum Gasteiger partial charge on any atom is -0.380 e. The molecular formula is C7H12O. The second kappa shape index (κ2) is 1.27. The molecule has 1 aliphatic carbocycles. The first-order chi connectivity index (χ1) is 3.81. The fourth-order valence-electron chi connectivity index (χ4n) is 2.05. The molecule has 1 heteroatoms. The Morgan fingerprint density at radius 3 is 2.12 bits per heavy atom. The molecule has 0 atom stereocenters. The predicted molar refractivity (Wildman–Crippen MR) is 31.6 cm³/mol. The van der Waals surface area contributed by atoms with Crippen molar-refractivity contribution in [3.05, 3.63) is 0 Å². The van der Waals surface area contributed by atoms with Crippen molar-refractivity contribution in [2.24, 2.45) is 11.3 Å². The summed E-state index contributed by atoms with van der Waals surface area (Å²) in [7, 11) is 0. The van der Waals surface area contributed by atoms with Crippen LogP contribution in [-0.4, -0.2) is 13.2 Å². The first-order valence-electron chi connectivity index (χ1n) is 3.39. The van der Waals surface area contributed by atoms with Gasteiger partial charge in [-0.3, -0.25) is 0 Å². The molecule has 2 rings (SSSR count). The largest absolute Gasteiger partial charge is 0.380 e. The molecular weight excluding hydrogens is 100 g/mol. The van der Waals surface area contributed by atoms with Crippen molar-refractivity contribution in [1.29, 1.82) is 0 Å². The molecule has 2 fully saturated rings. The third-order valence-electron chi connectivity index (χ3n) is 2.38. The van der Waals surface area contributed by atoms with Gasteiger partial charge in [0.25, 0.3) is 0 Å². The summed E-state index contributed by atoms with van der Waals surface area (Å²) in [5.74, 6) is 0.985. The molecule has 0 amide bonds. The summed E-state index contributed by atoms with van der Waals surface area (Å²) in [6.45, 7) is 4.43. The normalized spacial score (nSPS) is 34.1. The lowest BCUT2D eigenvalue weighted by molar-refractivity contribution is -0.175. The number of hydrogen-bond donors (Lipinski definition) is 0. The van der Waals surface area contributed by atoms with E-state index in [9.17, 15) is 0 Å². The lowest BCUT2D eigenvalue weighted by Crippen LogP contribution is -2.51. The molecule has 8 heavy (non-hydrogen) atoms. The average molecular weight is 112 g/mol. The maximum atomic E-state index is 5.13. The highest BCUT2D eigenvalue weighted by Gasteiger charge is 2.47. The fraction of sp³-hybridized carbons (Fsp3) is 1.00. The first kappa shape index (κ1) is 4.80. The second-order valence-electron chi connectivity index (χ2n) is 3.51. The maximum absolute atomic E-state index is 5.13. The molecule has 0 aromatic heterocycles. The van der Waals surface area contributed by atoms with E-state index in [-0.39, 0.29) is 0 Å². The van der Waals surface area contributed by atoms with Gasteiger partial charge in [-0.2, -0.15) is 0 Å². The molecule has 1 aliphatic heterocycles. The van der Waals surface area contributed by atoms with Crippen LogP contribution >= 0.6 is 0 Å². The lowest BCUT2D eigenvalue weighted by Gasteiger charge is -2.52. The summed E-state index contributed by atoms with van der Waals surface area (Å²) >= 11 is 0. The Morgan fingerprint density at radius 2 is 2.00 bits per heavy atom. The number of hydrogen-bond acceptors (Lipinski definition) is 1. The van der Waals surface area contributed by atoms with E-state index in [0.29, 0.717) is 5.41 Å². The minimum atomic E-state index is 0.694. The Bertz CT molecular complexity index is 97.0. The van der Waals surface area contributed by atoms with Crippen LogP contribution in [0.1, 0.15) is 19.8 Å². The van der Waals surface area contributed by atoms with E-state index >= 15 is 0 Å². The van der Waals surface area contributed by atoms with Gasteiger partial charge in [-0.1, -0.05) is 6.92 Å². The van der Waals surface area contributed by atoms with E-state index in [1.54, 1.807) is 0 Å². The molecule has 1 nitrogen and oxygen atoms in total. The quantitative estimate of drug-likeness (QED) is 0.460. The van der Waals surface area contributed by atoms with Crippen LogP contribution in [0.3, 0.4) is 0 Å². The van der Waals surface area contributed by atoms with Crippen LogP contribution in [0, 0.1) is 11.3 Å². The molecule has 0 bridgehead atoms. The van der Waals surface area contributed by atoms with E-state index in [4.69, 9.17) is 4.74 Å². The summed E-state index contributed by atoms with van der Waals surface area (Å²) in [5.41, 5.74) is 0.694. The molecule has 1 heterocycles. The minimum absolute atomic E-state index is 0.694. The highest BCUT2D eigenvalue weighted by atomic mass is 16.5. The van der Waals surface area contributed by atoms with Crippen molar-refractivity contribution in [2.45, 2.75) is 19.8 Å². The van der Waals surface area contributed by atoms with Crippen LogP contribution in [0.4, 0.5) is 0 Å². The summed E-state index contributed by atoms with van der Waals surface area (Å²) in [6.07, 6.45) is 2.85. The van der Waals surface area contributed by atoms with E-state index in [2.05, 4.69) is 6.92 Å². The molecule has 0 unspecified atom stereocenters. The van der Waals surface area contributed by atoms with Crippen LogP contribution in [-0.2, 0) is 4.74 Å². The standard InChI is InChI=1S/C7H12O/c1-6-2-7(3-6)4-8-5-7/h6H,2-5H2,1H3. The second-order valence-corrected chi connectivity index (χ2v) is 3.51. The summed E-state index contributed by atoms with van der Waals surface area (Å²) in [6, 6.07) is 0. The topological polar surface area (TPSA) is 9.23 Å². The van der Waals surface area contributed by atoms with Crippen LogP contribution < -0.4 is 0 Å². The first-order valence-corrected chi connectivity index (χ1v) is 3.39. The lowest BCUT2D eigenvalue weighted by atomic mass is 9.61. The van der Waals surface area contributed by atoms with Crippen molar-refractivity contribution in [3.63, 3.8) is 0 Å². The molecule has 1 spiro atoms. The van der Waals surface area contributed by atoms with Gasteiger partial charge in [-0.15, -0.1) is 0 Å². The van der Waals surface area contributed by atoms with Gasteiger partial charge >= 0.3 is 0 Å². The zero-order valence-corrected chi connectivity index (χ0v) is 5.31. The third kappa shape index (κ3) is 0.455. The molecule has 0 radical (unpaired) electrons. The van der Waals surface area contributed by atoms with Crippen molar-refractivity contribution in [1.82, 2.24) is 0 Å². The van der Waals surface area contributed by atoms with Gasteiger partial charge < -0.3 is 4.74 Å². The van der Waals surface area contributed by atoms with Gasteiger partial charge in [0, 0.05) is 5.41 Å². The van der Waals surface area contributed by atoms with E-state index in [0.717, 1.165) is 19.1 Å². The van der Waals surface area contributed by atoms with Crippen LogP contribution in [0.15, 0.2) is 0 Å². The highest BCUT2D eigenvalue weighted by molar-refractivity contribution is 4.96. The summed E-state index contributed by atoms with van der Waals surface area (Å²) in [5, 5.41) is 0. The SMILES string of the molecule is CC1CC2(COC2)C1. The van der Waals surface area contributed by atoms with Gasteiger partial charge in [-0.05, 0) is 18.8 Å².